The molecule has 0 amide bonds. The van der Waals surface area contributed by atoms with E-state index in [1.165, 1.54) is 5.56 Å². The molecule has 0 bridgehead atoms. The first-order chi connectivity index (χ1) is 14.4. The van der Waals surface area contributed by atoms with Gasteiger partial charge in [0.25, 0.3) is 5.56 Å². The Kier molecular flexibility index (Phi) is 7.86. The van der Waals surface area contributed by atoms with Crippen LogP contribution < -0.4 is 10.3 Å². The zero-order chi connectivity index (χ0) is 21.6. The average molecular weight is 433 g/mol. The molecule has 1 aliphatic carbocycles. The van der Waals surface area contributed by atoms with Crippen molar-refractivity contribution in [2.45, 2.75) is 57.1 Å². The maximum absolute atomic E-state index is 12.7. The highest BCUT2D eigenvalue weighted by atomic mass is 32.2. The van der Waals surface area contributed by atoms with Gasteiger partial charge in [-0.3, -0.25) is 4.79 Å². The van der Waals surface area contributed by atoms with Gasteiger partial charge in [0.2, 0.25) is 10.0 Å². The van der Waals surface area contributed by atoms with Crippen LogP contribution in [0.15, 0.2) is 53.5 Å². The van der Waals surface area contributed by atoms with Crippen LogP contribution in [0.5, 0.6) is 0 Å². The molecule has 1 unspecified atom stereocenters. The molecule has 1 fully saturated rings. The van der Waals surface area contributed by atoms with Crippen molar-refractivity contribution in [3.8, 4) is 0 Å². The van der Waals surface area contributed by atoms with Crippen molar-refractivity contribution >= 4 is 10.0 Å². The highest BCUT2D eigenvalue weighted by molar-refractivity contribution is 7.88. The van der Waals surface area contributed by atoms with Gasteiger partial charge in [-0.15, -0.1) is 0 Å². The van der Waals surface area contributed by atoms with Gasteiger partial charge >= 0.3 is 0 Å². The predicted octanol–water partition coefficient (Wildman–Crippen LogP) is 3.24. The number of pyridine rings is 1. The number of aromatic nitrogens is 1. The highest BCUT2D eigenvalue weighted by Gasteiger charge is 2.24. The van der Waals surface area contributed by atoms with Gasteiger partial charge in [0.15, 0.2) is 0 Å². The lowest BCUT2D eigenvalue weighted by Crippen LogP contribution is -2.38. The van der Waals surface area contributed by atoms with Crippen molar-refractivity contribution in [3.05, 3.63) is 70.1 Å². The number of hydrogen-bond donors (Lipinski definition) is 1. The number of nitrogens with zero attached hydrogens (tertiary/aromatic N) is 1. The van der Waals surface area contributed by atoms with Gasteiger partial charge in [0.05, 0.1) is 25.0 Å². The van der Waals surface area contributed by atoms with Crippen molar-refractivity contribution in [1.82, 2.24) is 9.29 Å². The van der Waals surface area contributed by atoms with Gasteiger partial charge in [0, 0.05) is 18.3 Å². The Labute approximate surface area is 179 Å². The molecule has 7 heteroatoms. The molecule has 0 saturated heterocycles. The van der Waals surface area contributed by atoms with Crippen LogP contribution in [-0.4, -0.2) is 38.5 Å². The minimum Gasteiger partial charge on any atom is -0.376 e. The van der Waals surface area contributed by atoms with Gasteiger partial charge < -0.3 is 9.30 Å². The zero-order valence-corrected chi connectivity index (χ0v) is 18.6. The summed E-state index contributed by atoms with van der Waals surface area (Å²) in [5, 5.41) is 0. The summed E-state index contributed by atoms with van der Waals surface area (Å²) in [4.78, 5) is 12.7. The number of hydrogen-bond acceptors (Lipinski definition) is 4. The molecular formula is C23H32N2O4S. The Hall–Kier alpha value is -1.96. The molecule has 0 radical (unpaired) electrons. The monoisotopic (exact) mass is 432 g/mol. The van der Waals surface area contributed by atoms with Crippen molar-refractivity contribution in [2.24, 2.45) is 0 Å². The maximum Gasteiger partial charge on any atom is 0.254 e. The molecule has 1 aliphatic rings. The summed E-state index contributed by atoms with van der Waals surface area (Å²) in [6.07, 6.45) is 7.70. The third-order valence-corrected chi connectivity index (χ3v) is 6.57. The standard InChI is InChI=1S/C23H32N2O4S/c1-3-18-10-7-15-25(23(18)26)21(16-24-30(2,27)28)17-29-22-13-11-20(12-14-22)19-8-5-4-6-9-19/h4-10,15,20-22,24H,3,11-14,16-17H2,1-2H3/t20-,21?,22+. The summed E-state index contributed by atoms with van der Waals surface area (Å²) in [6.45, 7) is 2.37. The Balaban J connectivity index is 1.63. The summed E-state index contributed by atoms with van der Waals surface area (Å²) in [7, 11) is -3.36. The molecule has 1 heterocycles. The highest BCUT2D eigenvalue weighted by Crippen LogP contribution is 2.34. The van der Waals surface area contributed by atoms with Gasteiger partial charge in [-0.25, -0.2) is 13.1 Å². The second kappa shape index (κ2) is 10.4. The minimum atomic E-state index is -3.36. The molecule has 2 aromatic rings. The van der Waals surface area contributed by atoms with Crippen LogP contribution in [0, 0.1) is 0 Å². The lowest BCUT2D eigenvalue weighted by Gasteiger charge is -2.30. The molecule has 0 aliphatic heterocycles. The number of nitrogens with one attached hydrogen (secondary N) is 1. The van der Waals surface area contributed by atoms with E-state index in [2.05, 4.69) is 29.0 Å². The average Bonchev–Trinajstić information content (AvgIpc) is 2.75. The van der Waals surface area contributed by atoms with Crippen LogP contribution in [0.25, 0.3) is 0 Å². The van der Waals surface area contributed by atoms with E-state index in [4.69, 9.17) is 4.74 Å². The second-order valence-electron chi connectivity index (χ2n) is 8.09. The van der Waals surface area contributed by atoms with E-state index in [1.54, 1.807) is 10.8 Å². The number of aryl methyl sites for hydroxylation is 1. The van der Waals surface area contributed by atoms with E-state index in [0.717, 1.165) is 31.9 Å². The zero-order valence-electron chi connectivity index (χ0n) is 17.8. The molecule has 1 aromatic carbocycles. The number of sulfonamides is 1. The first kappa shape index (κ1) is 22.7. The molecule has 1 saturated carbocycles. The fourth-order valence-electron chi connectivity index (χ4n) is 4.13. The van der Waals surface area contributed by atoms with Crippen LogP contribution in [0.3, 0.4) is 0 Å². The van der Waals surface area contributed by atoms with Crippen molar-refractivity contribution in [2.75, 3.05) is 19.4 Å². The van der Waals surface area contributed by atoms with Crippen LogP contribution >= 0.6 is 0 Å². The Morgan fingerprint density at radius 1 is 1.10 bits per heavy atom. The minimum absolute atomic E-state index is 0.0864. The SMILES string of the molecule is CCc1cccn(C(CNS(C)(=O)=O)CO[C@H]2CC[C@@H](c3ccccc3)CC2)c1=O. The second-order valence-corrected chi connectivity index (χ2v) is 9.92. The summed E-state index contributed by atoms with van der Waals surface area (Å²) in [5.74, 6) is 0.567. The number of rotatable bonds is 9. The molecule has 3 rings (SSSR count). The fraction of sp³-hybridized carbons (Fsp3) is 0.522. The summed E-state index contributed by atoms with van der Waals surface area (Å²) < 4.78 is 33.5. The Bertz CT molecular complexity index is 964. The predicted molar refractivity (Wildman–Crippen MR) is 119 cm³/mol. The van der Waals surface area contributed by atoms with Crippen LogP contribution in [0.4, 0.5) is 0 Å². The third kappa shape index (κ3) is 6.27. The van der Waals surface area contributed by atoms with E-state index >= 15 is 0 Å². The molecule has 0 spiro atoms. The molecule has 1 aromatic heterocycles. The molecule has 1 N–H and O–H groups in total. The van der Waals surface area contributed by atoms with E-state index in [9.17, 15) is 13.2 Å². The van der Waals surface area contributed by atoms with Crippen LogP contribution in [0.2, 0.25) is 0 Å². The molecular weight excluding hydrogens is 400 g/mol. The van der Waals surface area contributed by atoms with E-state index in [0.29, 0.717) is 24.5 Å². The summed E-state index contributed by atoms with van der Waals surface area (Å²) in [6, 6.07) is 13.8. The smallest absolute Gasteiger partial charge is 0.254 e. The largest absolute Gasteiger partial charge is 0.376 e. The third-order valence-electron chi connectivity index (χ3n) is 5.88. The van der Waals surface area contributed by atoms with Gasteiger partial charge in [0.1, 0.15) is 0 Å². The van der Waals surface area contributed by atoms with Crippen molar-refractivity contribution in [3.63, 3.8) is 0 Å². The quantitative estimate of drug-likeness (QED) is 0.660. The molecule has 1 atom stereocenters. The molecule has 164 valence electrons. The number of benzene rings is 1. The lowest BCUT2D eigenvalue weighted by atomic mass is 9.83. The lowest BCUT2D eigenvalue weighted by molar-refractivity contribution is 0.00733. The molecule has 6 nitrogen and oxygen atoms in total. The summed E-state index contributed by atoms with van der Waals surface area (Å²) >= 11 is 0. The maximum atomic E-state index is 12.7. The fourth-order valence-corrected chi connectivity index (χ4v) is 4.63. The Morgan fingerprint density at radius 3 is 2.43 bits per heavy atom. The van der Waals surface area contributed by atoms with E-state index in [-0.39, 0.29) is 24.2 Å². The van der Waals surface area contributed by atoms with E-state index in [1.807, 2.05) is 25.1 Å². The van der Waals surface area contributed by atoms with Crippen LogP contribution in [-0.2, 0) is 21.2 Å². The van der Waals surface area contributed by atoms with Crippen molar-refractivity contribution in [1.29, 1.82) is 0 Å². The first-order valence-electron chi connectivity index (χ1n) is 10.7. The van der Waals surface area contributed by atoms with Gasteiger partial charge in [-0.05, 0) is 49.7 Å². The number of ether oxygens (including phenoxy) is 1. The topological polar surface area (TPSA) is 77.4 Å². The van der Waals surface area contributed by atoms with Gasteiger partial charge in [-0.2, -0.15) is 0 Å². The normalized spacial score (nSPS) is 20.7. The Morgan fingerprint density at radius 2 is 1.80 bits per heavy atom. The van der Waals surface area contributed by atoms with Crippen LogP contribution in [0.1, 0.15) is 55.7 Å². The van der Waals surface area contributed by atoms with E-state index < -0.39 is 10.0 Å². The summed E-state index contributed by atoms with van der Waals surface area (Å²) in [5.41, 5.74) is 2.01. The first-order valence-corrected chi connectivity index (χ1v) is 12.6. The molecule has 30 heavy (non-hydrogen) atoms. The van der Waals surface area contributed by atoms with Crippen molar-refractivity contribution < 1.29 is 13.2 Å². The van der Waals surface area contributed by atoms with Gasteiger partial charge in [-0.1, -0.05) is 43.3 Å².